The third-order valence-corrected chi connectivity index (χ3v) is 2.32. The molecule has 0 unspecified atom stereocenters. The molecule has 0 amide bonds. The summed E-state index contributed by atoms with van der Waals surface area (Å²) in [6, 6.07) is 0.753. The zero-order valence-corrected chi connectivity index (χ0v) is 8.76. The highest BCUT2D eigenvalue weighted by Crippen LogP contribution is 2.34. The van der Waals surface area contributed by atoms with Crippen LogP contribution in [0.2, 0.25) is 0 Å². The van der Waals surface area contributed by atoms with Crippen LogP contribution < -0.4 is 0 Å². The van der Waals surface area contributed by atoms with E-state index in [0.29, 0.717) is 0 Å². The van der Waals surface area contributed by atoms with E-state index in [0.717, 1.165) is 12.3 Å². The zero-order valence-electron chi connectivity index (χ0n) is 7.18. The molecular weight excluding hydrogens is 279 g/mol. The van der Waals surface area contributed by atoms with Crippen molar-refractivity contribution in [2.24, 2.45) is 0 Å². The van der Waals surface area contributed by atoms with Gasteiger partial charge in [-0.15, -0.1) is 0 Å². The van der Waals surface area contributed by atoms with E-state index < -0.39 is 24.1 Å². The number of hydrogen-bond acceptors (Lipinski definition) is 2. The van der Waals surface area contributed by atoms with E-state index in [1.165, 1.54) is 0 Å². The number of halogens is 4. The van der Waals surface area contributed by atoms with Crippen LogP contribution in [0.25, 0.3) is 0 Å². The first-order chi connectivity index (χ1) is 6.82. The number of carboxylic acids is 1. The number of alkyl halides is 3. The second kappa shape index (κ2) is 4.18. The van der Waals surface area contributed by atoms with E-state index in [1.807, 2.05) is 0 Å². The lowest BCUT2D eigenvalue weighted by atomic mass is 10.1. The number of carbonyl (C=O) groups is 1. The highest BCUT2D eigenvalue weighted by Gasteiger charge is 2.34. The molecule has 7 heteroatoms. The van der Waals surface area contributed by atoms with Crippen molar-refractivity contribution in [3.63, 3.8) is 0 Å². The Balaban J connectivity index is 3.26. The van der Waals surface area contributed by atoms with Gasteiger partial charge in [-0.1, -0.05) is 0 Å². The van der Waals surface area contributed by atoms with Crippen LogP contribution in [0.4, 0.5) is 13.2 Å². The topological polar surface area (TPSA) is 50.2 Å². The average Bonchev–Trinajstić information content (AvgIpc) is 2.05. The van der Waals surface area contributed by atoms with Crippen molar-refractivity contribution in [2.45, 2.75) is 12.6 Å². The fourth-order valence-electron chi connectivity index (χ4n) is 1.05. The molecule has 0 spiro atoms. The summed E-state index contributed by atoms with van der Waals surface area (Å²) in [4.78, 5) is 13.9. The molecule has 0 aliphatic carbocycles. The van der Waals surface area contributed by atoms with Crippen molar-refractivity contribution >= 4 is 21.9 Å². The molecule has 1 aromatic rings. The third-order valence-electron chi connectivity index (χ3n) is 1.64. The second-order valence-corrected chi connectivity index (χ2v) is 3.45. The van der Waals surface area contributed by atoms with Gasteiger partial charge in [0.15, 0.2) is 0 Å². The fourth-order valence-corrected chi connectivity index (χ4v) is 1.52. The van der Waals surface area contributed by atoms with Gasteiger partial charge in [-0.3, -0.25) is 4.79 Å². The molecule has 1 aromatic heterocycles. The van der Waals surface area contributed by atoms with Crippen molar-refractivity contribution in [3.05, 3.63) is 28.0 Å². The Bertz CT molecular complexity index is 392. The molecule has 0 aliphatic heterocycles. The lowest BCUT2D eigenvalue weighted by molar-refractivity contribution is -0.139. The van der Waals surface area contributed by atoms with Crippen LogP contribution in [0.3, 0.4) is 0 Å². The Kier molecular flexibility index (Phi) is 3.33. The first kappa shape index (κ1) is 12.0. The number of rotatable bonds is 2. The largest absolute Gasteiger partial charge is 0.481 e. The van der Waals surface area contributed by atoms with Gasteiger partial charge >= 0.3 is 12.1 Å². The summed E-state index contributed by atoms with van der Waals surface area (Å²) < 4.78 is 37.2. The SMILES string of the molecule is O=C(O)Cc1c(C(F)(F)F)ccnc1Br. The summed E-state index contributed by atoms with van der Waals surface area (Å²) in [5.41, 5.74) is -1.34. The van der Waals surface area contributed by atoms with Crippen LogP contribution >= 0.6 is 15.9 Å². The minimum Gasteiger partial charge on any atom is -0.481 e. The average molecular weight is 284 g/mol. The molecule has 0 saturated heterocycles. The Labute approximate surface area is 91.1 Å². The number of nitrogens with zero attached hydrogens (tertiary/aromatic N) is 1. The predicted octanol–water partition coefficient (Wildman–Crippen LogP) is 2.49. The van der Waals surface area contributed by atoms with Gasteiger partial charge in [0.25, 0.3) is 0 Å². The summed E-state index contributed by atoms with van der Waals surface area (Å²) in [6.45, 7) is 0. The lowest BCUT2D eigenvalue weighted by Crippen LogP contribution is -2.13. The van der Waals surface area contributed by atoms with Crippen molar-refractivity contribution in [3.8, 4) is 0 Å². The van der Waals surface area contributed by atoms with E-state index in [1.54, 1.807) is 0 Å². The molecule has 0 atom stereocenters. The summed E-state index contributed by atoms with van der Waals surface area (Å²) in [5.74, 6) is -1.34. The smallest absolute Gasteiger partial charge is 0.416 e. The van der Waals surface area contributed by atoms with E-state index in [4.69, 9.17) is 5.11 Å². The number of aliphatic carboxylic acids is 1. The zero-order chi connectivity index (χ0) is 11.6. The van der Waals surface area contributed by atoms with Crippen molar-refractivity contribution in [2.75, 3.05) is 0 Å². The standard InChI is InChI=1S/C8H5BrF3NO2/c9-7-4(3-6(14)15)5(1-2-13-7)8(10,11)12/h1-2H,3H2,(H,14,15). The summed E-state index contributed by atoms with van der Waals surface area (Å²) >= 11 is 2.79. The molecule has 82 valence electrons. The number of aromatic nitrogens is 1. The summed E-state index contributed by atoms with van der Waals surface area (Å²) in [6.07, 6.45) is -4.32. The van der Waals surface area contributed by atoms with Gasteiger partial charge < -0.3 is 5.11 Å². The van der Waals surface area contributed by atoms with Crippen LogP contribution in [0, 0.1) is 0 Å². The molecule has 3 nitrogen and oxygen atoms in total. The maximum absolute atomic E-state index is 12.4. The number of pyridine rings is 1. The van der Waals surface area contributed by atoms with Gasteiger partial charge in [0, 0.05) is 11.8 Å². The van der Waals surface area contributed by atoms with Crippen LogP contribution in [0.15, 0.2) is 16.9 Å². The van der Waals surface area contributed by atoms with E-state index >= 15 is 0 Å². The van der Waals surface area contributed by atoms with Gasteiger partial charge in [0.2, 0.25) is 0 Å². The highest BCUT2D eigenvalue weighted by molar-refractivity contribution is 9.10. The minimum absolute atomic E-state index is 0.0975. The van der Waals surface area contributed by atoms with E-state index in [-0.39, 0.29) is 10.2 Å². The summed E-state index contributed by atoms with van der Waals surface area (Å²) in [5, 5.41) is 8.47. The Morgan fingerprint density at radius 3 is 2.60 bits per heavy atom. The van der Waals surface area contributed by atoms with Crippen LogP contribution in [-0.2, 0) is 17.4 Å². The maximum atomic E-state index is 12.4. The first-order valence-corrected chi connectivity index (χ1v) is 4.54. The third kappa shape index (κ3) is 2.92. The molecule has 0 bridgehead atoms. The van der Waals surface area contributed by atoms with Gasteiger partial charge in [0.05, 0.1) is 12.0 Å². The second-order valence-electron chi connectivity index (χ2n) is 2.70. The maximum Gasteiger partial charge on any atom is 0.416 e. The number of carboxylic acid groups (broad SMARTS) is 1. The quantitative estimate of drug-likeness (QED) is 0.849. The van der Waals surface area contributed by atoms with Crippen LogP contribution in [0.1, 0.15) is 11.1 Å². The molecule has 15 heavy (non-hydrogen) atoms. The molecule has 0 fully saturated rings. The van der Waals surface area contributed by atoms with Crippen molar-refractivity contribution < 1.29 is 23.1 Å². The van der Waals surface area contributed by atoms with E-state index in [2.05, 4.69) is 20.9 Å². The minimum atomic E-state index is -4.57. The van der Waals surface area contributed by atoms with Crippen molar-refractivity contribution in [1.29, 1.82) is 0 Å². The van der Waals surface area contributed by atoms with Gasteiger partial charge in [0.1, 0.15) is 4.60 Å². The molecule has 1 heterocycles. The van der Waals surface area contributed by atoms with E-state index in [9.17, 15) is 18.0 Å². The Hall–Kier alpha value is -1.11. The number of hydrogen-bond donors (Lipinski definition) is 1. The van der Waals surface area contributed by atoms with Crippen molar-refractivity contribution in [1.82, 2.24) is 4.98 Å². The van der Waals surface area contributed by atoms with Gasteiger partial charge in [-0.2, -0.15) is 13.2 Å². The molecular formula is C8H5BrF3NO2. The summed E-state index contributed by atoms with van der Waals surface area (Å²) in [7, 11) is 0. The molecule has 0 radical (unpaired) electrons. The Morgan fingerprint density at radius 2 is 2.13 bits per heavy atom. The Morgan fingerprint density at radius 1 is 1.53 bits per heavy atom. The van der Waals surface area contributed by atoms with Gasteiger partial charge in [-0.05, 0) is 22.0 Å². The molecule has 1 rings (SSSR count). The molecule has 0 saturated carbocycles. The molecule has 1 N–H and O–H groups in total. The monoisotopic (exact) mass is 283 g/mol. The first-order valence-electron chi connectivity index (χ1n) is 3.74. The molecule has 0 aromatic carbocycles. The molecule has 0 aliphatic rings. The highest BCUT2D eigenvalue weighted by atomic mass is 79.9. The fraction of sp³-hybridized carbons (Fsp3) is 0.250. The predicted molar refractivity (Wildman–Crippen MR) is 48.3 cm³/mol. The lowest BCUT2D eigenvalue weighted by Gasteiger charge is -2.11. The van der Waals surface area contributed by atoms with Crippen LogP contribution in [-0.4, -0.2) is 16.1 Å². The van der Waals surface area contributed by atoms with Crippen LogP contribution in [0.5, 0.6) is 0 Å². The normalized spacial score (nSPS) is 11.5. The van der Waals surface area contributed by atoms with Gasteiger partial charge in [-0.25, -0.2) is 4.98 Å².